The van der Waals surface area contributed by atoms with Gasteiger partial charge in [-0.05, 0) is 12.1 Å². The average Bonchev–Trinajstić information content (AvgIpc) is 3.08. The summed E-state index contributed by atoms with van der Waals surface area (Å²) < 4.78 is 37.9. The number of hydrogen-bond acceptors (Lipinski definition) is 1. The third-order valence-electron chi connectivity index (χ3n) is 5.29. The minimum atomic E-state index is -4.32. The van der Waals surface area contributed by atoms with Gasteiger partial charge in [-0.25, -0.2) is 0 Å². The number of likely N-dealkylation sites (tertiary alicyclic amines) is 1. The van der Waals surface area contributed by atoms with Gasteiger partial charge in [-0.15, -0.1) is 0 Å². The number of likely N-dealkylation sites (N-methyl/N-ethyl adjacent to an activating group) is 1. The Balaban J connectivity index is 1.41. The summed E-state index contributed by atoms with van der Waals surface area (Å²) in [6.07, 6.45) is -3.36. The second kappa shape index (κ2) is 9.41. The highest BCUT2D eigenvalue weighted by atomic mass is 19.4. The Bertz CT molecular complexity index is 793. The Labute approximate surface area is 169 Å². The fourth-order valence-electron chi connectivity index (χ4n) is 3.87. The van der Waals surface area contributed by atoms with Crippen LogP contribution in [0.3, 0.4) is 0 Å². The molecule has 0 aromatic heterocycles. The minimum absolute atomic E-state index is 0.0135. The Kier molecular flexibility index (Phi) is 6.92. The quantitative estimate of drug-likeness (QED) is 0.621. The highest BCUT2D eigenvalue weighted by Crippen LogP contribution is 2.28. The second-order valence-corrected chi connectivity index (χ2v) is 7.92. The number of carbonyl (C=O) groups excluding carboxylic acids is 1. The first-order chi connectivity index (χ1) is 13.8. The summed E-state index contributed by atoms with van der Waals surface area (Å²) in [5, 5.41) is 3.11. The van der Waals surface area contributed by atoms with Crippen LogP contribution in [0.2, 0.25) is 0 Å². The van der Waals surface area contributed by atoms with Gasteiger partial charge < -0.3 is 15.1 Å². The number of quaternary nitrogens is 2. The number of alkyl halides is 3. The molecule has 29 heavy (non-hydrogen) atoms. The predicted octanol–water partition coefficient (Wildman–Crippen LogP) is 0.694. The molecule has 0 bridgehead atoms. The molecule has 1 amide bonds. The first-order valence-corrected chi connectivity index (χ1v) is 9.94. The van der Waals surface area contributed by atoms with E-state index in [9.17, 15) is 18.0 Å². The molecule has 0 radical (unpaired) electrons. The molecule has 0 spiro atoms. The van der Waals surface area contributed by atoms with Crippen molar-refractivity contribution in [3.05, 3.63) is 71.3 Å². The van der Waals surface area contributed by atoms with Crippen molar-refractivity contribution in [2.24, 2.45) is 0 Å². The van der Waals surface area contributed by atoms with Crippen molar-refractivity contribution in [1.29, 1.82) is 0 Å². The average molecular weight is 407 g/mol. The smallest absolute Gasteiger partial charge is 0.343 e. The van der Waals surface area contributed by atoms with Crippen LogP contribution in [0.15, 0.2) is 54.6 Å². The lowest BCUT2D eigenvalue weighted by molar-refractivity contribution is -0.901. The lowest BCUT2D eigenvalue weighted by Gasteiger charge is -2.17. The van der Waals surface area contributed by atoms with Crippen LogP contribution in [0.5, 0.6) is 0 Å². The van der Waals surface area contributed by atoms with Crippen LogP contribution in [-0.2, 0) is 24.1 Å². The lowest BCUT2D eigenvalue weighted by Crippen LogP contribution is -3.09. The van der Waals surface area contributed by atoms with E-state index in [4.69, 9.17) is 0 Å². The van der Waals surface area contributed by atoms with Gasteiger partial charge in [0.25, 0.3) is 5.91 Å². The van der Waals surface area contributed by atoms with Crippen molar-refractivity contribution in [2.75, 3.05) is 26.7 Å². The van der Waals surface area contributed by atoms with Crippen LogP contribution in [0.25, 0.3) is 0 Å². The molecule has 0 aliphatic carbocycles. The maximum atomic E-state index is 12.6. The van der Waals surface area contributed by atoms with E-state index in [-0.39, 0.29) is 11.9 Å². The number of benzene rings is 2. The van der Waals surface area contributed by atoms with Gasteiger partial charge in [-0.1, -0.05) is 42.5 Å². The zero-order valence-electron chi connectivity index (χ0n) is 16.6. The van der Waals surface area contributed by atoms with Crippen LogP contribution in [0.4, 0.5) is 13.2 Å². The zero-order chi connectivity index (χ0) is 20.9. The van der Waals surface area contributed by atoms with Gasteiger partial charge in [0.2, 0.25) is 0 Å². The summed E-state index contributed by atoms with van der Waals surface area (Å²) in [6, 6.07) is 15.7. The summed E-state index contributed by atoms with van der Waals surface area (Å²) in [7, 11) is 1.87. The van der Waals surface area contributed by atoms with Crippen LogP contribution in [0.1, 0.15) is 23.1 Å². The maximum absolute atomic E-state index is 12.6. The Hall–Kier alpha value is -2.38. The summed E-state index contributed by atoms with van der Waals surface area (Å²) >= 11 is 0. The Morgan fingerprint density at radius 1 is 1.10 bits per heavy atom. The van der Waals surface area contributed by atoms with Gasteiger partial charge in [0, 0.05) is 17.5 Å². The first kappa shape index (κ1) is 21.3. The van der Waals surface area contributed by atoms with Gasteiger partial charge >= 0.3 is 6.18 Å². The summed E-state index contributed by atoms with van der Waals surface area (Å²) in [5.41, 5.74) is 1.43. The zero-order valence-corrected chi connectivity index (χ0v) is 16.6. The Morgan fingerprint density at radius 3 is 2.45 bits per heavy atom. The fourth-order valence-corrected chi connectivity index (χ4v) is 3.87. The summed E-state index contributed by atoms with van der Waals surface area (Å²) in [4.78, 5) is 14.8. The summed E-state index contributed by atoms with van der Waals surface area (Å²) in [5.74, 6) is -0.0135. The maximum Gasteiger partial charge on any atom is 0.416 e. The molecule has 1 aliphatic rings. The number of amides is 1. The monoisotopic (exact) mass is 407 g/mol. The van der Waals surface area contributed by atoms with Gasteiger partial charge in [-0.3, -0.25) is 4.79 Å². The molecule has 3 rings (SSSR count). The lowest BCUT2D eigenvalue weighted by atomic mass is 10.1. The molecule has 7 heteroatoms. The standard InChI is InChI=1S/C22H26F3N3O/c1-27(13-18-7-9-19(10-8-18)22(23,24)25)16-21(29)26-20-11-12-28(15-20)14-17-5-3-2-4-6-17/h2-10,20H,11-16H2,1H3,(H,26,29)/p+2/t20-/m0/s1. The molecule has 2 aromatic carbocycles. The van der Waals surface area contributed by atoms with E-state index in [1.165, 1.54) is 22.6 Å². The van der Waals surface area contributed by atoms with Gasteiger partial charge in [-0.2, -0.15) is 13.2 Å². The highest BCUT2D eigenvalue weighted by molar-refractivity contribution is 5.77. The van der Waals surface area contributed by atoms with Crippen LogP contribution in [0, 0.1) is 0 Å². The van der Waals surface area contributed by atoms with Crippen molar-refractivity contribution >= 4 is 5.91 Å². The largest absolute Gasteiger partial charge is 0.416 e. The van der Waals surface area contributed by atoms with E-state index in [1.54, 1.807) is 0 Å². The molecule has 2 aromatic rings. The predicted molar refractivity (Wildman–Crippen MR) is 104 cm³/mol. The molecule has 2 unspecified atom stereocenters. The summed E-state index contributed by atoms with van der Waals surface area (Å²) in [6.45, 7) is 3.71. The van der Waals surface area contributed by atoms with Gasteiger partial charge in [0.15, 0.2) is 6.54 Å². The first-order valence-electron chi connectivity index (χ1n) is 9.94. The molecular weight excluding hydrogens is 379 g/mol. The third kappa shape index (κ3) is 6.58. The van der Waals surface area contributed by atoms with Crippen molar-refractivity contribution in [3.8, 4) is 0 Å². The molecule has 1 aliphatic heterocycles. The number of carbonyl (C=O) groups is 1. The van der Waals surface area contributed by atoms with E-state index >= 15 is 0 Å². The number of nitrogens with one attached hydrogen (secondary N) is 3. The normalized spacial score (nSPS) is 20.4. The van der Waals surface area contributed by atoms with Crippen molar-refractivity contribution in [3.63, 3.8) is 0 Å². The highest BCUT2D eigenvalue weighted by Gasteiger charge is 2.30. The van der Waals surface area contributed by atoms with E-state index in [1.807, 2.05) is 25.2 Å². The minimum Gasteiger partial charge on any atom is -0.343 e. The molecule has 4 nitrogen and oxygen atoms in total. The molecule has 0 saturated carbocycles. The number of rotatable bonds is 7. The van der Waals surface area contributed by atoms with E-state index < -0.39 is 11.7 Å². The molecule has 3 atom stereocenters. The van der Waals surface area contributed by atoms with Crippen LogP contribution < -0.4 is 15.1 Å². The number of halogens is 3. The van der Waals surface area contributed by atoms with Gasteiger partial charge in [0.1, 0.15) is 13.1 Å². The molecule has 1 saturated heterocycles. The van der Waals surface area contributed by atoms with Crippen molar-refractivity contribution in [2.45, 2.75) is 31.7 Å². The third-order valence-corrected chi connectivity index (χ3v) is 5.29. The van der Waals surface area contributed by atoms with E-state index in [0.717, 1.165) is 48.7 Å². The Morgan fingerprint density at radius 2 is 1.79 bits per heavy atom. The molecular formula is C22H28F3N3O+2. The fraction of sp³-hybridized carbons (Fsp3) is 0.409. The van der Waals surface area contributed by atoms with E-state index in [0.29, 0.717) is 13.1 Å². The molecule has 1 heterocycles. The molecule has 3 N–H and O–H groups in total. The van der Waals surface area contributed by atoms with Crippen molar-refractivity contribution in [1.82, 2.24) is 5.32 Å². The van der Waals surface area contributed by atoms with Gasteiger partial charge in [0.05, 0.1) is 31.7 Å². The van der Waals surface area contributed by atoms with E-state index in [2.05, 4.69) is 17.4 Å². The topological polar surface area (TPSA) is 38.0 Å². The van der Waals surface area contributed by atoms with Crippen molar-refractivity contribution < 1.29 is 27.8 Å². The SMILES string of the molecule is C[NH+](CC(=O)N[C@H]1CC[NH+](Cc2ccccc2)C1)Cc1ccc(C(F)(F)F)cc1. The second-order valence-electron chi connectivity index (χ2n) is 7.92. The molecule has 1 fully saturated rings. The van der Waals surface area contributed by atoms with Crippen LogP contribution in [-0.4, -0.2) is 38.6 Å². The molecule has 156 valence electrons. The van der Waals surface area contributed by atoms with Crippen LogP contribution >= 0.6 is 0 Å². The number of hydrogen-bond donors (Lipinski definition) is 3.